The summed E-state index contributed by atoms with van der Waals surface area (Å²) in [5.41, 5.74) is 0. The molecule has 0 aromatic carbocycles. The molecule has 0 aliphatic rings. The molecule has 82 heavy (non-hydrogen) atoms. The van der Waals surface area contributed by atoms with E-state index in [1.165, 1.54) is 193 Å². The van der Waals surface area contributed by atoms with Crippen molar-refractivity contribution in [1.82, 2.24) is 0 Å². The largest absolute Gasteiger partial charge is 0.462 e. The van der Waals surface area contributed by atoms with E-state index in [-0.39, 0.29) is 31.1 Å². The summed E-state index contributed by atoms with van der Waals surface area (Å²) in [5.74, 6) is -0.891. The summed E-state index contributed by atoms with van der Waals surface area (Å²) in [5, 5.41) is 0. The molecule has 1 atom stereocenters. The number of unbranched alkanes of at least 4 members (excludes halogenated alkanes) is 37. The molecule has 0 saturated heterocycles. The summed E-state index contributed by atoms with van der Waals surface area (Å²) in [7, 11) is 0. The molecule has 0 heterocycles. The zero-order chi connectivity index (χ0) is 59.2. The molecule has 0 rings (SSSR count). The lowest BCUT2D eigenvalue weighted by Gasteiger charge is -2.18. The standard InChI is InChI=1S/C76H132O6/c1-4-7-10-13-16-19-22-25-28-30-32-34-35-36-37-38-39-40-41-43-44-46-48-51-54-57-60-63-66-69-75(78)81-72-73(71-80-74(77)68-65-62-59-56-53-50-27-24-21-18-15-12-9-6-3)82-76(79)70-67-64-61-58-55-52-49-47-45-42-33-31-29-26-23-20-17-14-11-8-5-2/h8,11,15,17-18,20,22,24-27,29-30,32-33,42,73H,4-7,9-10,12-14,16,19,21,23,28,31,34-41,43-72H2,1-3H3/b11-8-,18-15-,20-17-,25-22-,27-24-,29-26-,32-30-,42-33-. The van der Waals surface area contributed by atoms with Gasteiger partial charge in [-0.2, -0.15) is 0 Å². The molecule has 0 saturated carbocycles. The molecule has 0 aliphatic carbocycles. The number of esters is 3. The van der Waals surface area contributed by atoms with E-state index in [1.807, 2.05) is 0 Å². The molecule has 0 bridgehead atoms. The van der Waals surface area contributed by atoms with Gasteiger partial charge in [0.25, 0.3) is 0 Å². The van der Waals surface area contributed by atoms with Gasteiger partial charge in [0.1, 0.15) is 13.2 Å². The number of rotatable bonds is 64. The summed E-state index contributed by atoms with van der Waals surface area (Å²) in [6.07, 6.45) is 94.3. The topological polar surface area (TPSA) is 78.9 Å². The SMILES string of the molecule is CC/C=C\C/C=C\C/C=C\C/C=C\CCCCCCCCCCC(=O)OC(COC(=O)CCCCCCC/C=C\C/C=C\CCCC)COC(=O)CCCCCCCCCCCCCCCCCCC/C=C\C/C=C\CCCCCCC. The predicted molar refractivity (Wildman–Crippen MR) is 357 cm³/mol. The van der Waals surface area contributed by atoms with Crippen molar-refractivity contribution in [1.29, 1.82) is 0 Å². The summed E-state index contributed by atoms with van der Waals surface area (Å²) < 4.78 is 17.0. The maximum atomic E-state index is 12.9. The second-order valence-corrected chi connectivity index (χ2v) is 23.4. The first-order chi connectivity index (χ1) is 40.5. The van der Waals surface area contributed by atoms with Crippen molar-refractivity contribution in [3.05, 3.63) is 97.2 Å². The number of carbonyl (C=O) groups is 3. The van der Waals surface area contributed by atoms with Crippen LogP contribution in [0.5, 0.6) is 0 Å². The van der Waals surface area contributed by atoms with Crippen molar-refractivity contribution in [2.24, 2.45) is 0 Å². The van der Waals surface area contributed by atoms with E-state index in [0.29, 0.717) is 19.3 Å². The minimum atomic E-state index is -0.790. The number of hydrogen-bond donors (Lipinski definition) is 0. The maximum absolute atomic E-state index is 12.9. The van der Waals surface area contributed by atoms with Crippen molar-refractivity contribution in [2.75, 3.05) is 13.2 Å². The quantitative estimate of drug-likeness (QED) is 0.0261. The summed E-state index contributed by atoms with van der Waals surface area (Å²) in [6, 6.07) is 0. The van der Waals surface area contributed by atoms with Crippen LogP contribution in [0.25, 0.3) is 0 Å². The van der Waals surface area contributed by atoms with Gasteiger partial charge in [0.05, 0.1) is 0 Å². The third-order valence-electron chi connectivity index (χ3n) is 15.3. The fourth-order valence-electron chi connectivity index (χ4n) is 10.0. The van der Waals surface area contributed by atoms with E-state index in [0.717, 1.165) is 116 Å². The summed E-state index contributed by atoms with van der Waals surface area (Å²) in [6.45, 7) is 6.50. The van der Waals surface area contributed by atoms with Crippen LogP contribution in [0, 0.1) is 0 Å². The van der Waals surface area contributed by atoms with Gasteiger partial charge >= 0.3 is 17.9 Å². The zero-order valence-electron chi connectivity index (χ0n) is 54.2. The number of hydrogen-bond acceptors (Lipinski definition) is 6. The van der Waals surface area contributed by atoms with Crippen LogP contribution in [-0.2, 0) is 28.6 Å². The second-order valence-electron chi connectivity index (χ2n) is 23.4. The average Bonchev–Trinajstić information content (AvgIpc) is 3.47. The van der Waals surface area contributed by atoms with E-state index in [9.17, 15) is 14.4 Å². The fraction of sp³-hybridized carbons (Fsp3) is 0.750. The Bertz CT molecular complexity index is 1590. The molecule has 0 aromatic heterocycles. The third kappa shape index (κ3) is 67.1. The van der Waals surface area contributed by atoms with Crippen molar-refractivity contribution in [2.45, 2.75) is 354 Å². The Morgan fingerprint density at radius 2 is 0.488 bits per heavy atom. The first-order valence-corrected chi connectivity index (χ1v) is 35.2. The van der Waals surface area contributed by atoms with Crippen molar-refractivity contribution >= 4 is 17.9 Å². The Morgan fingerprint density at radius 3 is 0.780 bits per heavy atom. The smallest absolute Gasteiger partial charge is 0.306 e. The number of carbonyl (C=O) groups excluding carboxylic acids is 3. The zero-order valence-corrected chi connectivity index (χ0v) is 54.2. The van der Waals surface area contributed by atoms with Gasteiger partial charge in [-0.05, 0) is 116 Å². The Hall–Kier alpha value is -3.67. The van der Waals surface area contributed by atoms with E-state index in [2.05, 4.69) is 118 Å². The first-order valence-electron chi connectivity index (χ1n) is 35.2. The molecule has 0 N–H and O–H groups in total. The molecule has 0 fully saturated rings. The molecule has 0 amide bonds. The van der Waals surface area contributed by atoms with E-state index in [1.54, 1.807) is 0 Å². The summed E-state index contributed by atoms with van der Waals surface area (Å²) in [4.78, 5) is 38.4. The Labute approximate surface area is 508 Å². The lowest BCUT2D eigenvalue weighted by Crippen LogP contribution is -2.30. The van der Waals surface area contributed by atoms with Gasteiger partial charge in [-0.15, -0.1) is 0 Å². The van der Waals surface area contributed by atoms with Crippen LogP contribution in [0.15, 0.2) is 97.2 Å². The van der Waals surface area contributed by atoms with E-state index in [4.69, 9.17) is 14.2 Å². The molecule has 472 valence electrons. The third-order valence-corrected chi connectivity index (χ3v) is 15.3. The maximum Gasteiger partial charge on any atom is 0.306 e. The minimum Gasteiger partial charge on any atom is -0.462 e. The first kappa shape index (κ1) is 78.3. The van der Waals surface area contributed by atoms with Crippen LogP contribution in [0.4, 0.5) is 0 Å². The fourth-order valence-corrected chi connectivity index (χ4v) is 10.0. The van der Waals surface area contributed by atoms with Crippen LogP contribution in [-0.4, -0.2) is 37.2 Å². The second kappa shape index (κ2) is 69.8. The van der Waals surface area contributed by atoms with Gasteiger partial charge in [0, 0.05) is 19.3 Å². The Morgan fingerprint density at radius 1 is 0.256 bits per heavy atom. The highest BCUT2D eigenvalue weighted by molar-refractivity contribution is 5.71. The van der Waals surface area contributed by atoms with Crippen LogP contribution in [0.3, 0.4) is 0 Å². The van der Waals surface area contributed by atoms with Gasteiger partial charge in [0.15, 0.2) is 6.10 Å². The van der Waals surface area contributed by atoms with E-state index < -0.39 is 6.10 Å². The van der Waals surface area contributed by atoms with Crippen LogP contribution >= 0.6 is 0 Å². The molecule has 0 spiro atoms. The highest BCUT2D eigenvalue weighted by Crippen LogP contribution is 2.17. The highest BCUT2D eigenvalue weighted by atomic mass is 16.6. The molecule has 0 aromatic rings. The number of ether oxygens (including phenoxy) is 3. The van der Waals surface area contributed by atoms with Gasteiger partial charge in [-0.25, -0.2) is 0 Å². The molecule has 1 unspecified atom stereocenters. The Kier molecular flexibility index (Phi) is 66.7. The average molecular weight is 1140 g/mol. The van der Waals surface area contributed by atoms with Gasteiger partial charge < -0.3 is 14.2 Å². The summed E-state index contributed by atoms with van der Waals surface area (Å²) >= 11 is 0. The number of allylic oxidation sites excluding steroid dienone is 16. The lowest BCUT2D eigenvalue weighted by molar-refractivity contribution is -0.167. The molecule has 6 nitrogen and oxygen atoms in total. The molecule has 0 radical (unpaired) electrons. The molecular formula is C76H132O6. The van der Waals surface area contributed by atoms with Gasteiger partial charge in [-0.1, -0.05) is 311 Å². The molecule has 0 aliphatic heterocycles. The highest BCUT2D eigenvalue weighted by Gasteiger charge is 2.19. The normalized spacial score (nSPS) is 12.7. The molecular weight excluding hydrogens is 1010 g/mol. The lowest BCUT2D eigenvalue weighted by atomic mass is 10.0. The van der Waals surface area contributed by atoms with Crippen molar-refractivity contribution in [3.8, 4) is 0 Å². The monoisotopic (exact) mass is 1140 g/mol. The van der Waals surface area contributed by atoms with Gasteiger partial charge in [0.2, 0.25) is 0 Å². The van der Waals surface area contributed by atoms with Crippen LogP contribution < -0.4 is 0 Å². The van der Waals surface area contributed by atoms with E-state index >= 15 is 0 Å². The predicted octanol–water partition coefficient (Wildman–Crippen LogP) is 24.4. The van der Waals surface area contributed by atoms with Gasteiger partial charge in [-0.3, -0.25) is 14.4 Å². The van der Waals surface area contributed by atoms with Crippen molar-refractivity contribution in [3.63, 3.8) is 0 Å². The van der Waals surface area contributed by atoms with Crippen molar-refractivity contribution < 1.29 is 28.6 Å². The Balaban J connectivity index is 4.27. The minimum absolute atomic E-state index is 0.0833. The van der Waals surface area contributed by atoms with Crippen LogP contribution in [0.1, 0.15) is 348 Å². The molecule has 6 heteroatoms. The van der Waals surface area contributed by atoms with Crippen LogP contribution in [0.2, 0.25) is 0 Å².